The van der Waals surface area contributed by atoms with Gasteiger partial charge in [0, 0.05) is 6.61 Å². The smallest absolute Gasteiger partial charge is 0.337 e. The van der Waals surface area contributed by atoms with E-state index >= 15 is 0 Å². The van der Waals surface area contributed by atoms with Gasteiger partial charge in [-0.25, -0.2) is 4.79 Å². The molecule has 0 aliphatic carbocycles. The minimum atomic E-state index is -0.374. The Morgan fingerprint density at radius 2 is 1.95 bits per heavy atom. The van der Waals surface area contributed by atoms with Gasteiger partial charge in [-0.1, -0.05) is 55.5 Å². The maximum absolute atomic E-state index is 11.1. The molecule has 0 radical (unpaired) electrons. The number of methoxy groups -OCH3 is 1. The van der Waals surface area contributed by atoms with Crippen LogP contribution in [0.15, 0.2) is 54.6 Å². The van der Waals surface area contributed by atoms with E-state index in [-0.39, 0.29) is 5.97 Å². The highest BCUT2D eigenvalue weighted by Crippen LogP contribution is 2.05. The van der Waals surface area contributed by atoms with Crippen molar-refractivity contribution in [3.8, 4) is 0 Å². The first-order chi connectivity index (χ1) is 10.2. The molecular weight excluding hydrogens is 264 g/mol. The fourth-order valence-electron chi connectivity index (χ4n) is 1.83. The van der Waals surface area contributed by atoms with E-state index in [2.05, 4.69) is 23.4 Å². The second-order valence-corrected chi connectivity index (χ2v) is 4.81. The minimum absolute atomic E-state index is 0.374. The molecule has 0 N–H and O–H groups in total. The van der Waals surface area contributed by atoms with Gasteiger partial charge in [-0.15, -0.1) is 0 Å². The number of esters is 1. The Labute approximate surface area is 127 Å². The van der Waals surface area contributed by atoms with Gasteiger partial charge in [-0.2, -0.15) is 0 Å². The van der Waals surface area contributed by atoms with Crippen molar-refractivity contribution in [2.75, 3.05) is 13.7 Å². The highest BCUT2D eigenvalue weighted by atomic mass is 16.5. The maximum atomic E-state index is 11.1. The summed E-state index contributed by atoms with van der Waals surface area (Å²) in [7, 11) is 1.36. The summed E-state index contributed by atoms with van der Waals surface area (Å²) in [6.45, 7) is 5.10. The van der Waals surface area contributed by atoms with E-state index in [0.29, 0.717) is 12.2 Å². The van der Waals surface area contributed by atoms with Gasteiger partial charge in [0.05, 0.1) is 19.3 Å². The van der Waals surface area contributed by atoms with Gasteiger partial charge in [-0.3, -0.25) is 0 Å². The van der Waals surface area contributed by atoms with Crippen molar-refractivity contribution in [2.24, 2.45) is 0 Å². The molecule has 0 saturated heterocycles. The SMILES string of the molecule is C=C(/C=C/CCCCCOCc1ccccc1)C(=O)OC. The molecular formula is C18H24O3. The van der Waals surface area contributed by atoms with Crippen LogP contribution in [0.1, 0.15) is 31.2 Å². The van der Waals surface area contributed by atoms with Crippen LogP contribution < -0.4 is 0 Å². The minimum Gasteiger partial charge on any atom is -0.465 e. The predicted molar refractivity (Wildman–Crippen MR) is 84.9 cm³/mol. The van der Waals surface area contributed by atoms with Crippen LogP contribution in [0.25, 0.3) is 0 Å². The Balaban J connectivity index is 1.96. The molecule has 0 amide bonds. The van der Waals surface area contributed by atoms with Crippen molar-refractivity contribution < 1.29 is 14.3 Å². The van der Waals surface area contributed by atoms with Gasteiger partial charge in [0.1, 0.15) is 0 Å². The van der Waals surface area contributed by atoms with Crippen LogP contribution in [0, 0.1) is 0 Å². The molecule has 0 aliphatic rings. The zero-order chi connectivity index (χ0) is 15.3. The van der Waals surface area contributed by atoms with Crippen molar-refractivity contribution in [2.45, 2.75) is 32.3 Å². The van der Waals surface area contributed by atoms with E-state index < -0.39 is 0 Å². The summed E-state index contributed by atoms with van der Waals surface area (Å²) in [6, 6.07) is 10.2. The molecule has 114 valence electrons. The van der Waals surface area contributed by atoms with Crippen LogP contribution in [0.3, 0.4) is 0 Å². The zero-order valence-electron chi connectivity index (χ0n) is 12.7. The van der Waals surface area contributed by atoms with Gasteiger partial charge >= 0.3 is 5.97 Å². The third kappa shape index (κ3) is 8.10. The Bertz CT molecular complexity index is 449. The number of ether oxygens (including phenoxy) is 2. The lowest BCUT2D eigenvalue weighted by Crippen LogP contribution is -2.00. The second-order valence-electron chi connectivity index (χ2n) is 4.81. The van der Waals surface area contributed by atoms with E-state index in [1.165, 1.54) is 12.7 Å². The summed E-state index contributed by atoms with van der Waals surface area (Å²) in [5, 5.41) is 0. The molecule has 0 unspecified atom stereocenters. The lowest BCUT2D eigenvalue weighted by molar-refractivity contribution is -0.135. The topological polar surface area (TPSA) is 35.5 Å². The van der Waals surface area contributed by atoms with E-state index in [1.54, 1.807) is 6.08 Å². The Morgan fingerprint density at radius 1 is 1.19 bits per heavy atom. The first-order valence-corrected chi connectivity index (χ1v) is 7.29. The number of hydrogen-bond acceptors (Lipinski definition) is 3. The van der Waals surface area contributed by atoms with Crippen LogP contribution in [0.2, 0.25) is 0 Å². The normalized spacial score (nSPS) is 10.7. The number of carbonyl (C=O) groups excluding carboxylic acids is 1. The lowest BCUT2D eigenvalue weighted by atomic mass is 10.1. The van der Waals surface area contributed by atoms with Gasteiger partial charge in [0.2, 0.25) is 0 Å². The van der Waals surface area contributed by atoms with Gasteiger partial charge in [0.25, 0.3) is 0 Å². The fraction of sp³-hybridized carbons (Fsp3) is 0.389. The Morgan fingerprint density at radius 3 is 2.67 bits per heavy atom. The number of rotatable bonds is 10. The standard InChI is InChI=1S/C18H24O3/c1-16(18(19)20-2)11-7-4-3-5-10-14-21-15-17-12-8-6-9-13-17/h6-9,11-13H,1,3-5,10,14-15H2,2H3/b11-7+. The molecule has 0 bridgehead atoms. The largest absolute Gasteiger partial charge is 0.465 e. The maximum Gasteiger partial charge on any atom is 0.337 e. The molecule has 0 fully saturated rings. The van der Waals surface area contributed by atoms with E-state index in [9.17, 15) is 4.79 Å². The van der Waals surface area contributed by atoms with Crippen molar-refractivity contribution in [3.63, 3.8) is 0 Å². The molecule has 0 aliphatic heterocycles. The highest BCUT2D eigenvalue weighted by Gasteiger charge is 2.00. The molecule has 1 rings (SSSR count). The van der Waals surface area contributed by atoms with Crippen LogP contribution in [0.4, 0.5) is 0 Å². The summed E-state index contributed by atoms with van der Waals surface area (Å²) in [4.78, 5) is 11.1. The summed E-state index contributed by atoms with van der Waals surface area (Å²) in [5.41, 5.74) is 1.60. The fourth-order valence-corrected chi connectivity index (χ4v) is 1.83. The molecule has 0 saturated carbocycles. The monoisotopic (exact) mass is 288 g/mol. The number of unbranched alkanes of at least 4 members (excludes halogenated alkanes) is 3. The number of carbonyl (C=O) groups is 1. The molecule has 3 nitrogen and oxygen atoms in total. The molecule has 1 aromatic carbocycles. The molecule has 0 atom stereocenters. The van der Waals surface area contributed by atoms with E-state index in [0.717, 1.165) is 32.3 Å². The van der Waals surface area contributed by atoms with Gasteiger partial charge < -0.3 is 9.47 Å². The molecule has 3 heteroatoms. The highest BCUT2D eigenvalue weighted by molar-refractivity contribution is 5.90. The predicted octanol–water partition coefficient (Wildman–Crippen LogP) is 4.05. The summed E-state index contributed by atoms with van der Waals surface area (Å²) >= 11 is 0. The Kier molecular flexibility index (Phi) is 8.89. The number of benzene rings is 1. The first kappa shape index (κ1) is 17.2. The third-order valence-electron chi connectivity index (χ3n) is 3.04. The quantitative estimate of drug-likeness (QED) is 0.282. The van der Waals surface area contributed by atoms with Crippen LogP contribution >= 0.6 is 0 Å². The Hall–Kier alpha value is -1.87. The van der Waals surface area contributed by atoms with Crippen molar-refractivity contribution in [3.05, 3.63) is 60.2 Å². The molecule has 0 heterocycles. The molecule has 21 heavy (non-hydrogen) atoms. The second kappa shape index (κ2) is 10.9. The molecule has 0 aromatic heterocycles. The van der Waals surface area contributed by atoms with Crippen molar-refractivity contribution in [1.82, 2.24) is 0 Å². The summed E-state index contributed by atoms with van der Waals surface area (Å²) in [5.74, 6) is -0.374. The summed E-state index contributed by atoms with van der Waals surface area (Å²) < 4.78 is 10.2. The van der Waals surface area contributed by atoms with Crippen molar-refractivity contribution >= 4 is 5.97 Å². The van der Waals surface area contributed by atoms with Crippen LogP contribution in [-0.2, 0) is 20.9 Å². The van der Waals surface area contributed by atoms with Crippen LogP contribution in [0.5, 0.6) is 0 Å². The average Bonchev–Trinajstić information content (AvgIpc) is 2.53. The summed E-state index contributed by atoms with van der Waals surface area (Å²) in [6.07, 6.45) is 7.87. The van der Waals surface area contributed by atoms with Gasteiger partial charge in [0.15, 0.2) is 0 Å². The lowest BCUT2D eigenvalue weighted by Gasteiger charge is -2.03. The first-order valence-electron chi connectivity index (χ1n) is 7.29. The zero-order valence-corrected chi connectivity index (χ0v) is 12.7. The van der Waals surface area contributed by atoms with Crippen molar-refractivity contribution in [1.29, 1.82) is 0 Å². The molecule has 1 aromatic rings. The third-order valence-corrected chi connectivity index (χ3v) is 3.04. The van der Waals surface area contributed by atoms with E-state index in [1.807, 2.05) is 24.3 Å². The average molecular weight is 288 g/mol. The number of hydrogen-bond donors (Lipinski definition) is 0. The number of allylic oxidation sites excluding steroid dienone is 1. The van der Waals surface area contributed by atoms with Gasteiger partial charge in [-0.05, 0) is 24.8 Å². The van der Waals surface area contributed by atoms with Crippen LogP contribution in [-0.4, -0.2) is 19.7 Å². The van der Waals surface area contributed by atoms with E-state index in [4.69, 9.17) is 4.74 Å². The molecule has 0 spiro atoms.